The Morgan fingerprint density at radius 2 is 1.77 bits per heavy atom. The molecule has 146 valence electrons. The van der Waals surface area contributed by atoms with Gasteiger partial charge in [0.15, 0.2) is 9.84 Å². The van der Waals surface area contributed by atoms with E-state index in [1.165, 1.54) is 5.56 Å². The van der Waals surface area contributed by atoms with Gasteiger partial charge in [-0.2, -0.15) is 0 Å². The Hall–Kier alpha value is -1.60. The van der Waals surface area contributed by atoms with Crippen LogP contribution in [-0.4, -0.2) is 69.0 Å². The van der Waals surface area contributed by atoms with E-state index in [9.17, 15) is 13.2 Å². The second kappa shape index (κ2) is 7.96. The summed E-state index contributed by atoms with van der Waals surface area (Å²) in [6.45, 7) is 7.62. The van der Waals surface area contributed by atoms with Gasteiger partial charge in [-0.25, -0.2) is 13.2 Å². The largest absolute Gasteiger partial charge is 0.322 e. The van der Waals surface area contributed by atoms with E-state index in [1.54, 1.807) is 4.90 Å². The van der Waals surface area contributed by atoms with E-state index in [0.717, 1.165) is 5.69 Å². The molecular weight excluding hydrogens is 350 g/mol. The summed E-state index contributed by atoms with van der Waals surface area (Å²) >= 11 is 0. The van der Waals surface area contributed by atoms with Crippen molar-refractivity contribution >= 4 is 21.6 Å². The zero-order chi connectivity index (χ0) is 19.5. The maximum Gasteiger partial charge on any atom is 0.322 e. The molecule has 6 nitrogen and oxygen atoms in total. The summed E-state index contributed by atoms with van der Waals surface area (Å²) < 4.78 is 23.7. The second-order valence-electron chi connectivity index (χ2n) is 8.31. The summed E-state index contributed by atoms with van der Waals surface area (Å²) in [6.07, 6.45) is 0.506. The van der Waals surface area contributed by atoms with E-state index in [4.69, 9.17) is 0 Å². The lowest BCUT2D eigenvalue weighted by atomic mass is 9.87. The molecule has 1 aliphatic heterocycles. The Kier molecular flexibility index (Phi) is 6.34. The average Bonchev–Trinajstić information content (AvgIpc) is 2.86. The SMILES string of the molecule is CN(C)CCN(C(=O)Nc1ccc(C(C)(C)C)cc1)C1CCS(=O)(=O)C1. The normalized spacial score (nSPS) is 19.5. The number of carbonyl (C=O) groups excluding carboxylic acids is 1. The van der Waals surface area contributed by atoms with Crippen molar-refractivity contribution in [3.8, 4) is 0 Å². The van der Waals surface area contributed by atoms with Gasteiger partial charge < -0.3 is 15.1 Å². The fourth-order valence-electron chi connectivity index (χ4n) is 3.03. The molecule has 1 aliphatic rings. The standard InChI is InChI=1S/C19H31N3O3S/c1-19(2,3)15-6-8-16(9-7-15)20-18(23)22(12-11-21(4)5)17-10-13-26(24,25)14-17/h6-9,17H,10-14H2,1-5H3,(H,20,23). The van der Waals surface area contributed by atoms with Gasteiger partial charge in [0.25, 0.3) is 0 Å². The smallest absolute Gasteiger partial charge is 0.319 e. The van der Waals surface area contributed by atoms with E-state index in [-0.39, 0.29) is 29.0 Å². The van der Waals surface area contributed by atoms with Crippen molar-refractivity contribution in [1.82, 2.24) is 9.80 Å². The van der Waals surface area contributed by atoms with E-state index in [1.807, 2.05) is 43.3 Å². The summed E-state index contributed by atoms with van der Waals surface area (Å²) in [5.74, 6) is 0.209. The molecule has 1 aromatic carbocycles. The minimum absolute atomic E-state index is 0.0524. The zero-order valence-corrected chi connectivity index (χ0v) is 17.3. The third-order valence-electron chi connectivity index (χ3n) is 4.70. The second-order valence-corrected chi connectivity index (χ2v) is 10.5. The van der Waals surface area contributed by atoms with Crippen molar-refractivity contribution in [1.29, 1.82) is 0 Å². The molecule has 1 atom stereocenters. The molecule has 7 heteroatoms. The van der Waals surface area contributed by atoms with Gasteiger partial charge in [-0.3, -0.25) is 0 Å². The number of sulfone groups is 1. The molecule has 2 rings (SSSR count). The van der Waals surface area contributed by atoms with Crippen LogP contribution in [-0.2, 0) is 15.3 Å². The van der Waals surface area contributed by atoms with Crippen molar-refractivity contribution in [3.05, 3.63) is 29.8 Å². The van der Waals surface area contributed by atoms with Crippen LogP contribution in [0.25, 0.3) is 0 Å². The van der Waals surface area contributed by atoms with Crippen molar-refractivity contribution in [2.24, 2.45) is 0 Å². The predicted octanol–water partition coefficient (Wildman–Crippen LogP) is 2.57. The molecule has 0 aromatic heterocycles. The highest BCUT2D eigenvalue weighted by Crippen LogP contribution is 2.24. The summed E-state index contributed by atoms with van der Waals surface area (Å²) in [6, 6.07) is 7.33. The molecule has 1 fully saturated rings. The van der Waals surface area contributed by atoms with Gasteiger partial charge in [0.2, 0.25) is 0 Å². The third kappa shape index (κ3) is 5.71. The van der Waals surface area contributed by atoms with Crippen LogP contribution in [0.3, 0.4) is 0 Å². The molecule has 0 saturated carbocycles. The van der Waals surface area contributed by atoms with Gasteiger partial charge in [-0.15, -0.1) is 0 Å². The number of amides is 2. The predicted molar refractivity (Wildman–Crippen MR) is 106 cm³/mol. The summed E-state index contributed by atoms with van der Waals surface area (Å²) in [7, 11) is 0.832. The Bertz CT molecular complexity index is 721. The van der Waals surface area contributed by atoms with Gasteiger partial charge in [0.1, 0.15) is 0 Å². The number of nitrogens with one attached hydrogen (secondary N) is 1. The molecule has 0 bridgehead atoms. The molecule has 1 heterocycles. The van der Waals surface area contributed by atoms with Crippen molar-refractivity contribution in [2.75, 3.05) is 44.0 Å². The highest BCUT2D eigenvalue weighted by molar-refractivity contribution is 7.91. The molecular formula is C19H31N3O3S. The van der Waals surface area contributed by atoms with Crippen LogP contribution in [0.1, 0.15) is 32.8 Å². The molecule has 0 spiro atoms. The van der Waals surface area contributed by atoms with Crippen LogP contribution in [0.15, 0.2) is 24.3 Å². The average molecular weight is 382 g/mol. The lowest BCUT2D eigenvalue weighted by molar-refractivity contribution is 0.186. The number of hydrogen-bond donors (Lipinski definition) is 1. The number of carbonyl (C=O) groups is 1. The summed E-state index contributed by atoms with van der Waals surface area (Å²) in [4.78, 5) is 16.5. The minimum atomic E-state index is -3.04. The van der Waals surface area contributed by atoms with Crippen LogP contribution in [0.2, 0.25) is 0 Å². The minimum Gasteiger partial charge on any atom is -0.319 e. The first-order valence-electron chi connectivity index (χ1n) is 9.01. The maximum atomic E-state index is 12.8. The number of rotatable bonds is 5. The zero-order valence-electron chi connectivity index (χ0n) is 16.4. The van der Waals surface area contributed by atoms with Gasteiger partial charge in [0, 0.05) is 24.8 Å². The van der Waals surface area contributed by atoms with E-state index in [0.29, 0.717) is 19.5 Å². The van der Waals surface area contributed by atoms with Crippen LogP contribution < -0.4 is 5.32 Å². The number of urea groups is 1. The topological polar surface area (TPSA) is 69.7 Å². The summed E-state index contributed by atoms with van der Waals surface area (Å²) in [5, 5.41) is 2.92. The highest BCUT2D eigenvalue weighted by atomic mass is 32.2. The molecule has 1 unspecified atom stereocenters. The summed E-state index contributed by atoms with van der Waals surface area (Å²) in [5.41, 5.74) is 1.97. The monoisotopic (exact) mass is 381 g/mol. The Balaban J connectivity index is 2.10. The molecule has 0 aliphatic carbocycles. The molecule has 1 aromatic rings. The first-order valence-corrected chi connectivity index (χ1v) is 10.8. The van der Waals surface area contributed by atoms with E-state index >= 15 is 0 Å². The first kappa shape index (κ1) is 20.7. The van der Waals surface area contributed by atoms with Crippen LogP contribution in [0.5, 0.6) is 0 Å². The number of anilines is 1. The lowest BCUT2D eigenvalue weighted by Gasteiger charge is -2.29. The van der Waals surface area contributed by atoms with Crippen LogP contribution in [0, 0.1) is 0 Å². The fourth-order valence-corrected chi connectivity index (χ4v) is 4.76. The van der Waals surface area contributed by atoms with Gasteiger partial charge >= 0.3 is 6.03 Å². The Morgan fingerprint density at radius 3 is 2.23 bits per heavy atom. The van der Waals surface area contributed by atoms with Crippen molar-refractivity contribution in [3.63, 3.8) is 0 Å². The van der Waals surface area contributed by atoms with E-state index < -0.39 is 9.84 Å². The molecule has 1 saturated heterocycles. The van der Waals surface area contributed by atoms with Crippen LogP contribution in [0.4, 0.5) is 10.5 Å². The van der Waals surface area contributed by atoms with Gasteiger partial charge in [-0.05, 0) is 43.6 Å². The Labute approximate surface area is 157 Å². The van der Waals surface area contributed by atoms with Crippen molar-refractivity contribution in [2.45, 2.75) is 38.6 Å². The molecule has 1 N–H and O–H groups in total. The quantitative estimate of drug-likeness (QED) is 0.851. The number of likely N-dealkylation sites (N-methyl/N-ethyl adjacent to an activating group) is 1. The number of benzene rings is 1. The van der Waals surface area contributed by atoms with Gasteiger partial charge in [-0.1, -0.05) is 32.9 Å². The maximum absolute atomic E-state index is 12.8. The van der Waals surface area contributed by atoms with Crippen molar-refractivity contribution < 1.29 is 13.2 Å². The number of hydrogen-bond acceptors (Lipinski definition) is 4. The number of nitrogens with zero attached hydrogens (tertiary/aromatic N) is 2. The molecule has 2 amide bonds. The van der Waals surface area contributed by atoms with Crippen LogP contribution >= 0.6 is 0 Å². The lowest BCUT2D eigenvalue weighted by Crippen LogP contribution is -2.46. The Morgan fingerprint density at radius 1 is 1.15 bits per heavy atom. The highest BCUT2D eigenvalue weighted by Gasteiger charge is 2.34. The molecule has 0 radical (unpaired) electrons. The van der Waals surface area contributed by atoms with Gasteiger partial charge in [0.05, 0.1) is 11.5 Å². The fraction of sp³-hybridized carbons (Fsp3) is 0.632. The van der Waals surface area contributed by atoms with E-state index in [2.05, 4.69) is 26.1 Å². The third-order valence-corrected chi connectivity index (χ3v) is 6.45. The first-order chi connectivity index (χ1) is 12.0. The molecule has 26 heavy (non-hydrogen) atoms.